The zero-order valence-corrected chi connectivity index (χ0v) is 15.9. The van der Waals surface area contributed by atoms with Crippen LogP contribution in [0.3, 0.4) is 0 Å². The molecule has 0 aromatic carbocycles. The van der Waals surface area contributed by atoms with Crippen LogP contribution < -0.4 is 56.6 Å². The molecule has 0 rings (SSSR count). The van der Waals surface area contributed by atoms with Crippen LogP contribution in [-0.4, -0.2) is 113 Å². The fraction of sp³-hybridized carbons (Fsp3) is 0. The molecule has 0 aliphatic rings. The molecule has 40 valence electrons. The molecule has 0 aromatic heterocycles. The van der Waals surface area contributed by atoms with Crippen LogP contribution in [-0.2, 0) is 4.57 Å². The van der Waals surface area contributed by atoms with Crippen LogP contribution in [0.15, 0.2) is 0 Å². The van der Waals surface area contributed by atoms with Gasteiger partial charge in [0.15, 0.2) is 0 Å². The van der Waals surface area contributed by atoms with Crippen LogP contribution in [0.2, 0.25) is 0 Å². The van der Waals surface area contributed by atoms with Crippen LogP contribution in [0.4, 0.5) is 0 Å². The van der Waals surface area contributed by atoms with Gasteiger partial charge in [-0.3, -0.25) is 0 Å². The summed E-state index contributed by atoms with van der Waals surface area (Å²) < 4.78 is 8.55. The van der Waals surface area contributed by atoms with Crippen molar-refractivity contribution >= 4 is 121 Å². The third kappa shape index (κ3) is 72.9. The van der Waals surface area contributed by atoms with E-state index in [0.29, 0.717) is 0 Å². The van der Waals surface area contributed by atoms with Crippen LogP contribution in [0.1, 0.15) is 0 Å². The minimum atomic E-state index is -5.39. The van der Waals surface area contributed by atoms with Gasteiger partial charge in [-0.2, -0.15) is 7.82 Å². The number of hydrogen-bond donors (Lipinski definition) is 0. The van der Waals surface area contributed by atoms with Crippen molar-refractivity contribution in [1.82, 2.24) is 0 Å². The summed E-state index contributed by atoms with van der Waals surface area (Å²) in [5, 5.41) is 0. The van der Waals surface area contributed by atoms with Gasteiger partial charge in [0, 0.05) is 0 Å². The van der Waals surface area contributed by atoms with Gasteiger partial charge in [-0.15, -0.1) is 0 Å². The molecule has 4 nitrogen and oxygen atoms in total. The van der Waals surface area contributed by atoms with E-state index in [-0.39, 0.29) is 155 Å². The van der Waals surface area contributed by atoms with Crippen LogP contribution in [0.5, 0.6) is 0 Å². The summed E-state index contributed by atoms with van der Waals surface area (Å²) in [6.07, 6.45) is 0. The second-order valence-electron chi connectivity index (χ2n) is 0.447. The first-order chi connectivity index (χ1) is 2.00. The van der Waals surface area contributed by atoms with E-state index in [4.69, 9.17) is 19.2 Å². The first-order valence-corrected chi connectivity index (χ1v) is 2.19. The van der Waals surface area contributed by atoms with Gasteiger partial charge in [-0.1, -0.05) is 0 Å². The molecule has 10 heteroatoms. The molecule has 0 amide bonds. The Morgan fingerprint density at radius 2 is 0.900 bits per heavy atom. The molecule has 0 atom stereocenters. The van der Waals surface area contributed by atoms with Gasteiger partial charge < -0.3 is 31.7 Å². The van der Waals surface area contributed by atoms with E-state index < -0.39 is 7.82 Å². The molecule has 10 heavy (non-hydrogen) atoms. The molecule has 0 aromatic rings. The predicted molar refractivity (Wildman–Crippen MR) is 24.9 cm³/mol. The van der Waals surface area contributed by atoms with E-state index in [2.05, 4.69) is 0 Å². The zero-order valence-electron chi connectivity index (χ0n) is 5.58. The third-order valence-electron chi connectivity index (χ3n) is 0. The quantitative estimate of drug-likeness (QED) is 0.324. The molecule has 0 heterocycles. The Morgan fingerprint density at radius 1 is 0.900 bits per heavy atom. The van der Waals surface area contributed by atoms with Crippen molar-refractivity contribution in [2.45, 2.75) is 0 Å². The average molecular weight is 274 g/mol. The standard InChI is InChI=1S/3Ca.ClH.Na.H3O4P/c;;;;;1-5(2,3)4/h;;;1H;;(H3,1,2,3,4)/q3*+2;;+1;/p-4. The Morgan fingerprint density at radius 3 is 0.900 bits per heavy atom. The number of halogens is 1. The second-order valence-corrected chi connectivity index (χ2v) is 1.34. The van der Waals surface area contributed by atoms with Crippen molar-refractivity contribution < 1.29 is 61.2 Å². The van der Waals surface area contributed by atoms with Gasteiger partial charge in [0.05, 0.1) is 0 Å². The predicted octanol–water partition coefficient (Wildman–Crippen LogP) is -9.96. The zero-order chi connectivity index (χ0) is 4.50. The van der Waals surface area contributed by atoms with E-state index in [1.54, 1.807) is 0 Å². The van der Waals surface area contributed by atoms with E-state index in [1.807, 2.05) is 0 Å². The van der Waals surface area contributed by atoms with Gasteiger partial charge in [-0.25, -0.2) is 0 Å². The first kappa shape index (κ1) is 36.2. The number of rotatable bonds is 0. The van der Waals surface area contributed by atoms with Crippen LogP contribution in [0, 0.1) is 0 Å². The molecule has 0 bridgehead atoms. The molecule has 0 spiro atoms. The fourth-order valence-electron chi connectivity index (χ4n) is 0. The third-order valence-corrected chi connectivity index (χ3v) is 0. The molecule has 0 aliphatic carbocycles. The maximum Gasteiger partial charge on any atom is 2.00 e. The molecule has 0 N–H and O–H groups in total. The van der Waals surface area contributed by atoms with E-state index in [1.165, 1.54) is 0 Å². The topological polar surface area (TPSA) is 86.2 Å². The fourth-order valence-corrected chi connectivity index (χ4v) is 0. The molecule has 0 aliphatic heterocycles. The van der Waals surface area contributed by atoms with Crippen molar-refractivity contribution in [3.8, 4) is 0 Å². The van der Waals surface area contributed by atoms with Crippen molar-refractivity contribution in [3.63, 3.8) is 0 Å². The summed E-state index contributed by atoms with van der Waals surface area (Å²) in [4.78, 5) is 25.6. The summed E-state index contributed by atoms with van der Waals surface area (Å²) in [6.45, 7) is 0. The normalized spacial score (nSPS) is 5.90. The van der Waals surface area contributed by atoms with E-state index in [0.717, 1.165) is 0 Å². The summed E-state index contributed by atoms with van der Waals surface area (Å²) in [6, 6.07) is 0. The number of hydrogen-bond acceptors (Lipinski definition) is 4. The van der Waals surface area contributed by atoms with E-state index >= 15 is 0 Å². The largest absolute Gasteiger partial charge is 2.00 e. The summed E-state index contributed by atoms with van der Waals surface area (Å²) >= 11 is 0. The van der Waals surface area contributed by atoms with Crippen LogP contribution >= 0.6 is 7.82 Å². The Labute approximate surface area is 177 Å². The Bertz CT molecular complexity index is 66.6. The Balaban J connectivity index is -0.00000000800. The smallest absolute Gasteiger partial charge is 1.00 e. The molecule has 0 saturated heterocycles. The molecule has 0 saturated carbocycles. The van der Waals surface area contributed by atoms with Gasteiger partial charge in [-0.05, 0) is 0 Å². The maximum atomic E-state index is 8.55. The Hall–Kier alpha value is 5.18. The van der Waals surface area contributed by atoms with Crippen molar-refractivity contribution in [3.05, 3.63) is 0 Å². The second kappa shape index (κ2) is 19.7. The summed E-state index contributed by atoms with van der Waals surface area (Å²) in [5.41, 5.74) is 0. The van der Waals surface area contributed by atoms with Crippen molar-refractivity contribution in [2.75, 3.05) is 0 Å². The molecule has 0 unspecified atom stereocenters. The van der Waals surface area contributed by atoms with Crippen molar-refractivity contribution in [2.24, 2.45) is 0 Å². The van der Waals surface area contributed by atoms with Gasteiger partial charge >= 0.3 is 143 Å². The van der Waals surface area contributed by atoms with E-state index in [9.17, 15) is 0 Å². The molecular weight excluding hydrogens is 274 g/mol. The first-order valence-electron chi connectivity index (χ1n) is 0.730. The van der Waals surface area contributed by atoms with Crippen LogP contribution in [0.25, 0.3) is 0 Å². The van der Waals surface area contributed by atoms with Crippen molar-refractivity contribution in [1.29, 1.82) is 0 Å². The van der Waals surface area contributed by atoms with Gasteiger partial charge in [0.2, 0.25) is 0 Å². The van der Waals surface area contributed by atoms with Gasteiger partial charge in [0.1, 0.15) is 0 Å². The molecular formula is Ca3ClNaO4P+3. The maximum absolute atomic E-state index is 8.55. The Kier molecular flexibility index (Phi) is 71.4. The SMILES string of the molecule is O=P([O-])([O-])[O-].[Ca+2].[Ca+2].[Ca+2].[Cl-].[Na+]. The summed E-state index contributed by atoms with van der Waals surface area (Å²) in [5.74, 6) is 0. The number of phosphoric acid groups is 1. The molecule has 0 fully saturated rings. The minimum absolute atomic E-state index is 0. The average Bonchev–Trinajstić information content (AvgIpc) is 0.722. The molecule has 0 radical (unpaired) electrons. The summed E-state index contributed by atoms with van der Waals surface area (Å²) in [7, 11) is -5.39. The monoisotopic (exact) mass is 273 g/mol. The van der Waals surface area contributed by atoms with Gasteiger partial charge in [0.25, 0.3) is 0 Å². The minimum Gasteiger partial charge on any atom is -1.00 e.